The Hall–Kier alpha value is -3.73. The van der Waals surface area contributed by atoms with Crippen molar-refractivity contribution in [2.75, 3.05) is 5.32 Å². The molecule has 3 aromatic rings. The predicted octanol–water partition coefficient (Wildman–Crippen LogP) is 2.89. The molecule has 124 valence electrons. The number of anilines is 1. The Morgan fingerprint density at radius 3 is 2.84 bits per heavy atom. The van der Waals surface area contributed by atoms with Crippen LogP contribution in [-0.4, -0.2) is 20.6 Å². The van der Waals surface area contributed by atoms with Gasteiger partial charge in [-0.3, -0.25) is 0 Å². The highest BCUT2D eigenvalue weighted by Gasteiger charge is 2.05. The molecule has 0 aliphatic carbocycles. The molecular formula is C17H13FN6O. The van der Waals surface area contributed by atoms with Gasteiger partial charge >= 0.3 is 0 Å². The van der Waals surface area contributed by atoms with Crippen LogP contribution in [0.3, 0.4) is 0 Å². The number of hydrogen-bond acceptors (Lipinski definition) is 6. The Kier molecular flexibility index (Phi) is 4.97. The van der Waals surface area contributed by atoms with Crippen molar-refractivity contribution in [2.24, 2.45) is 0 Å². The van der Waals surface area contributed by atoms with Crippen LogP contribution in [0.4, 0.5) is 10.1 Å². The van der Waals surface area contributed by atoms with Gasteiger partial charge in [0.25, 0.3) is 0 Å². The number of benzene rings is 2. The lowest BCUT2D eigenvalue weighted by atomic mass is 10.2. The van der Waals surface area contributed by atoms with Crippen molar-refractivity contribution in [3.05, 3.63) is 71.9 Å². The van der Waals surface area contributed by atoms with Crippen LogP contribution in [0, 0.1) is 17.1 Å². The fourth-order valence-corrected chi connectivity index (χ4v) is 2.00. The largest absolute Gasteiger partial charge is 0.489 e. The highest BCUT2D eigenvalue weighted by Crippen LogP contribution is 2.19. The normalized spacial score (nSPS) is 11.0. The molecule has 0 atom stereocenters. The van der Waals surface area contributed by atoms with Crippen molar-refractivity contribution >= 4 is 11.3 Å². The predicted molar refractivity (Wildman–Crippen MR) is 88.6 cm³/mol. The molecule has 2 N–H and O–H groups in total. The lowest BCUT2D eigenvalue weighted by molar-refractivity contribution is 0.306. The van der Waals surface area contributed by atoms with Crippen LogP contribution in [0.5, 0.6) is 5.75 Å². The molecule has 0 bridgehead atoms. The molecule has 0 amide bonds. The summed E-state index contributed by atoms with van der Waals surface area (Å²) in [6.07, 6.45) is 1.49. The zero-order valence-electron chi connectivity index (χ0n) is 13.0. The Labute approximate surface area is 142 Å². The Morgan fingerprint density at radius 1 is 1.28 bits per heavy atom. The zero-order chi connectivity index (χ0) is 17.5. The van der Waals surface area contributed by atoms with Gasteiger partial charge in [-0.1, -0.05) is 18.2 Å². The van der Waals surface area contributed by atoms with E-state index in [9.17, 15) is 4.39 Å². The van der Waals surface area contributed by atoms with Crippen molar-refractivity contribution in [2.45, 2.75) is 6.61 Å². The standard InChI is InChI=1S/C17H13FN6O/c18-14-6-4-12(5-7-14)11-25-16-3-1-2-15(8-16)20-10-13(9-19)17-21-23-24-22-17/h1-8,10,20H,11H2,(H,21,22,23,24). The van der Waals surface area contributed by atoms with Crippen LogP contribution in [-0.2, 0) is 6.61 Å². The van der Waals surface area contributed by atoms with Gasteiger partial charge in [-0.25, -0.2) is 4.39 Å². The van der Waals surface area contributed by atoms with Crippen molar-refractivity contribution < 1.29 is 9.13 Å². The number of aromatic nitrogens is 4. The zero-order valence-corrected chi connectivity index (χ0v) is 13.0. The smallest absolute Gasteiger partial charge is 0.216 e. The molecular weight excluding hydrogens is 323 g/mol. The summed E-state index contributed by atoms with van der Waals surface area (Å²) < 4.78 is 18.6. The Balaban J connectivity index is 1.65. The first kappa shape index (κ1) is 16.1. The minimum absolute atomic E-state index is 0.207. The number of halogens is 1. The van der Waals surface area contributed by atoms with Crippen molar-refractivity contribution in [1.82, 2.24) is 20.6 Å². The first-order chi connectivity index (χ1) is 12.2. The fourth-order valence-electron chi connectivity index (χ4n) is 2.00. The summed E-state index contributed by atoms with van der Waals surface area (Å²) in [6, 6.07) is 15.4. The molecule has 2 aromatic carbocycles. The molecule has 0 unspecified atom stereocenters. The third-order valence-corrected chi connectivity index (χ3v) is 3.24. The van der Waals surface area contributed by atoms with Gasteiger partial charge < -0.3 is 10.1 Å². The Bertz CT molecular complexity index is 900. The third kappa shape index (κ3) is 4.39. The number of nitrogens with one attached hydrogen (secondary N) is 2. The first-order valence-electron chi connectivity index (χ1n) is 7.32. The fraction of sp³-hybridized carbons (Fsp3) is 0.0588. The number of allylic oxidation sites excluding steroid dienone is 1. The highest BCUT2D eigenvalue weighted by atomic mass is 19.1. The molecule has 0 saturated carbocycles. The molecule has 7 nitrogen and oxygen atoms in total. The molecule has 0 saturated heterocycles. The van der Waals surface area contributed by atoms with Crippen molar-refractivity contribution in [3.63, 3.8) is 0 Å². The maximum absolute atomic E-state index is 12.9. The molecule has 1 aromatic heterocycles. The van der Waals surface area contributed by atoms with Gasteiger partial charge in [0.05, 0.1) is 0 Å². The minimum Gasteiger partial charge on any atom is -0.489 e. The number of hydrogen-bond donors (Lipinski definition) is 2. The Morgan fingerprint density at radius 2 is 2.12 bits per heavy atom. The lowest BCUT2D eigenvalue weighted by Crippen LogP contribution is -1.97. The summed E-state index contributed by atoms with van der Waals surface area (Å²) in [5, 5.41) is 25.4. The van der Waals surface area contributed by atoms with E-state index in [1.165, 1.54) is 18.3 Å². The van der Waals surface area contributed by atoms with Gasteiger partial charge in [-0.05, 0) is 35.0 Å². The second kappa shape index (κ2) is 7.70. The van der Waals surface area contributed by atoms with E-state index in [-0.39, 0.29) is 17.2 Å². The van der Waals surface area contributed by atoms with Gasteiger partial charge in [-0.15, -0.1) is 10.2 Å². The average molecular weight is 336 g/mol. The minimum atomic E-state index is -0.281. The van der Waals surface area contributed by atoms with Crippen molar-refractivity contribution in [1.29, 1.82) is 5.26 Å². The molecule has 0 aliphatic heterocycles. The summed E-state index contributed by atoms with van der Waals surface area (Å²) >= 11 is 0. The molecule has 0 aliphatic rings. The maximum atomic E-state index is 12.9. The molecule has 3 rings (SSSR count). The number of rotatable bonds is 6. The summed E-state index contributed by atoms with van der Waals surface area (Å²) in [7, 11) is 0. The van der Waals surface area contributed by atoms with Gasteiger partial charge in [-0.2, -0.15) is 10.5 Å². The summed E-state index contributed by atoms with van der Waals surface area (Å²) in [6.45, 7) is 0.325. The van der Waals surface area contributed by atoms with Crippen LogP contribution in [0.25, 0.3) is 5.57 Å². The molecule has 1 heterocycles. The van der Waals surface area contributed by atoms with Crippen LogP contribution in [0.2, 0.25) is 0 Å². The molecule has 0 spiro atoms. The van der Waals surface area contributed by atoms with E-state index < -0.39 is 0 Å². The quantitative estimate of drug-likeness (QED) is 0.672. The van der Waals surface area contributed by atoms with E-state index >= 15 is 0 Å². The number of nitrogens with zero attached hydrogens (tertiary/aromatic N) is 4. The van der Waals surface area contributed by atoms with E-state index in [2.05, 4.69) is 25.9 Å². The van der Waals surface area contributed by atoms with Crippen molar-refractivity contribution in [3.8, 4) is 11.8 Å². The highest BCUT2D eigenvalue weighted by molar-refractivity contribution is 5.74. The second-order valence-corrected chi connectivity index (χ2v) is 4.99. The van der Waals surface area contributed by atoms with Gasteiger partial charge in [0.15, 0.2) is 0 Å². The third-order valence-electron chi connectivity index (χ3n) is 3.24. The number of ether oxygens (including phenoxy) is 1. The van der Waals surface area contributed by atoms with E-state index in [0.717, 1.165) is 11.3 Å². The monoisotopic (exact) mass is 336 g/mol. The number of H-pyrrole nitrogens is 1. The number of aromatic amines is 1. The van der Waals surface area contributed by atoms with Gasteiger partial charge in [0.1, 0.15) is 29.8 Å². The van der Waals surface area contributed by atoms with E-state index in [1.807, 2.05) is 24.3 Å². The topological polar surface area (TPSA) is 99.5 Å². The number of nitriles is 1. The summed E-state index contributed by atoms with van der Waals surface area (Å²) in [4.78, 5) is 0. The summed E-state index contributed by atoms with van der Waals surface area (Å²) in [5.74, 6) is 0.566. The summed E-state index contributed by atoms with van der Waals surface area (Å²) in [5.41, 5.74) is 1.84. The molecule has 0 radical (unpaired) electrons. The first-order valence-corrected chi connectivity index (χ1v) is 7.32. The van der Waals surface area contributed by atoms with Gasteiger partial charge in [0, 0.05) is 18.0 Å². The molecule has 0 fully saturated rings. The van der Waals surface area contributed by atoms with Crippen LogP contribution >= 0.6 is 0 Å². The average Bonchev–Trinajstić information content (AvgIpc) is 3.17. The second-order valence-electron chi connectivity index (χ2n) is 4.99. The SMILES string of the molecule is N#CC(=CNc1cccc(OCc2ccc(F)cc2)c1)c1nn[nH]n1. The van der Waals surface area contributed by atoms with E-state index in [4.69, 9.17) is 10.00 Å². The van der Waals surface area contributed by atoms with Crippen LogP contribution in [0.1, 0.15) is 11.4 Å². The number of tetrazole rings is 1. The van der Waals surface area contributed by atoms with Crippen LogP contribution in [0.15, 0.2) is 54.7 Å². The van der Waals surface area contributed by atoms with Gasteiger partial charge in [0.2, 0.25) is 5.82 Å². The van der Waals surface area contributed by atoms with E-state index in [1.54, 1.807) is 18.2 Å². The molecule has 25 heavy (non-hydrogen) atoms. The van der Waals surface area contributed by atoms with E-state index in [0.29, 0.717) is 12.4 Å². The lowest BCUT2D eigenvalue weighted by Gasteiger charge is -2.08. The molecule has 8 heteroatoms. The van der Waals surface area contributed by atoms with Crippen LogP contribution < -0.4 is 10.1 Å². The maximum Gasteiger partial charge on any atom is 0.216 e.